The Morgan fingerprint density at radius 3 is 1.37 bits per heavy atom. The van der Waals surface area contributed by atoms with Crippen LogP contribution in [0.1, 0.15) is 20.6 Å². The van der Waals surface area contributed by atoms with Crippen LogP contribution < -0.4 is 0 Å². The van der Waals surface area contributed by atoms with Crippen molar-refractivity contribution in [2.45, 2.75) is 21.0 Å². The molecule has 0 bridgehead atoms. The van der Waals surface area contributed by atoms with Crippen LogP contribution in [-0.2, 0) is 0 Å². The first-order valence-electron chi connectivity index (χ1n) is 6.98. The van der Waals surface area contributed by atoms with Crippen LogP contribution in [0.15, 0.2) is 72.8 Å². The van der Waals surface area contributed by atoms with E-state index >= 15 is 0 Å². The molecule has 96 valence electrons. The molecule has 0 aliphatic carbocycles. The molecule has 0 nitrogen and oxygen atoms in total. The van der Waals surface area contributed by atoms with Crippen molar-refractivity contribution in [3.8, 4) is 0 Å². The second-order valence-electron chi connectivity index (χ2n) is 5.98. The number of hydrogen-bond donors (Lipinski definition) is 0. The van der Waals surface area contributed by atoms with Crippen LogP contribution in [0.25, 0.3) is 0 Å². The zero-order chi connectivity index (χ0) is 13.3. The number of allylic oxidation sites excluding steroid dienone is 2. The summed E-state index contributed by atoms with van der Waals surface area (Å²) in [6.45, 7) is 0. The van der Waals surface area contributed by atoms with Crippen molar-refractivity contribution in [1.29, 1.82) is 0 Å². The Labute approximate surface area is 118 Å². The minimum absolute atomic E-state index is 0.686. The quantitative estimate of drug-likeness (QED) is 0.546. The Morgan fingerprint density at radius 1 is 0.632 bits per heavy atom. The predicted molar refractivity (Wildman–Crippen MR) is 85.0 cm³/mol. The molecule has 0 saturated carbocycles. The first-order valence-corrected chi connectivity index (χ1v) is 13.6. The van der Waals surface area contributed by atoms with Crippen molar-refractivity contribution < 1.29 is 0 Å². The molecule has 0 radical (unpaired) electrons. The molecule has 1 aliphatic heterocycles. The van der Waals surface area contributed by atoms with Crippen LogP contribution in [0.5, 0.6) is 0 Å². The van der Waals surface area contributed by atoms with Crippen molar-refractivity contribution in [1.82, 2.24) is 0 Å². The van der Waals surface area contributed by atoms with Crippen LogP contribution in [0.3, 0.4) is 0 Å². The summed E-state index contributed by atoms with van der Waals surface area (Å²) in [4.78, 5) is 0. The molecular weight excluding hydrogens is 289 g/mol. The first-order chi connectivity index (χ1) is 9.19. The van der Waals surface area contributed by atoms with Crippen molar-refractivity contribution >= 4 is 13.3 Å². The van der Waals surface area contributed by atoms with Gasteiger partial charge in [0.05, 0.1) is 0 Å². The fraction of sp³-hybridized carbons (Fsp3) is 0.222. The second-order valence-corrected chi connectivity index (χ2v) is 16.2. The molecule has 1 heteroatoms. The predicted octanol–water partition coefficient (Wildman–Crippen LogP) is 4.91. The van der Waals surface area contributed by atoms with E-state index in [9.17, 15) is 0 Å². The van der Waals surface area contributed by atoms with Crippen molar-refractivity contribution in [2.75, 3.05) is 0 Å². The number of rotatable bonds is 2. The van der Waals surface area contributed by atoms with Crippen LogP contribution in [0.2, 0.25) is 11.5 Å². The van der Waals surface area contributed by atoms with Gasteiger partial charge in [0.25, 0.3) is 0 Å². The van der Waals surface area contributed by atoms with Gasteiger partial charge in [-0.1, -0.05) is 0 Å². The van der Waals surface area contributed by atoms with Gasteiger partial charge in [-0.3, -0.25) is 0 Å². The van der Waals surface area contributed by atoms with Crippen LogP contribution in [0, 0.1) is 0 Å². The molecule has 1 aliphatic rings. The third kappa shape index (κ3) is 2.30. The Bertz CT molecular complexity index is 518. The van der Waals surface area contributed by atoms with Crippen LogP contribution in [-0.4, -0.2) is 13.3 Å². The van der Waals surface area contributed by atoms with E-state index in [0.29, 0.717) is 9.50 Å². The Balaban J connectivity index is 1.95. The Kier molecular flexibility index (Phi) is 3.36. The van der Waals surface area contributed by atoms with E-state index in [2.05, 4.69) is 84.3 Å². The van der Waals surface area contributed by atoms with Gasteiger partial charge in [-0.25, -0.2) is 0 Å². The van der Waals surface area contributed by atoms with E-state index in [0.717, 1.165) is 0 Å². The average Bonchev–Trinajstić information content (AvgIpc) is 2.76. The van der Waals surface area contributed by atoms with Gasteiger partial charge < -0.3 is 0 Å². The molecule has 0 amide bonds. The summed E-state index contributed by atoms with van der Waals surface area (Å²) in [6, 6.07) is 22.0. The van der Waals surface area contributed by atoms with Crippen LogP contribution >= 0.6 is 0 Å². The molecule has 2 unspecified atom stereocenters. The topological polar surface area (TPSA) is 0 Å². The SMILES string of the molecule is [CH3][Ge]1([CH3])[CH](c2ccccc2)C=C[CH]1c1ccccc1. The fourth-order valence-corrected chi connectivity index (χ4v) is 11.1. The number of hydrogen-bond acceptors (Lipinski definition) is 0. The molecule has 19 heavy (non-hydrogen) atoms. The zero-order valence-electron chi connectivity index (χ0n) is 11.6. The summed E-state index contributed by atoms with van der Waals surface area (Å²) in [5.41, 5.74) is 3.00. The third-order valence-corrected chi connectivity index (χ3v) is 13.3. The maximum absolute atomic E-state index is 2.56. The van der Waals surface area contributed by atoms with E-state index in [1.165, 1.54) is 11.1 Å². The van der Waals surface area contributed by atoms with Gasteiger partial charge in [0, 0.05) is 0 Å². The molecular formula is C18H20Ge. The summed E-state index contributed by atoms with van der Waals surface area (Å²) in [5.74, 6) is 5.13. The van der Waals surface area contributed by atoms with Crippen LogP contribution in [0.4, 0.5) is 0 Å². The van der Waals surface area contributed by atoms with Gasteiger partial charge in [-0.2, -0.15) is 0 Å². The molecule has 0 aromatic heterocycles. The normalized spacial score (nSPS) is 24.5. The summed E-state index contributed by atoms with van der Waals surface area (Å²) >= 11 is -1.96. The van der Waals surface area contributed by atoms with Crippen molar-refractivity contribution in [3.63, 3.8) is 0 Å². The molecule has 0 saturated heterocycles. The van der Waals surface area contributed by atoms with E-state index in [4.69, 9.17) is 0 Å². The molecule has 0 fully saturated rings. The summed E-state index contributed by atoms with van der Waals surface area (Å²) in [7, 11) is 0. The molecule has 1 heterocycles. The van der Waals surface area contributed by atoms with Gasteiger partial charge in [0.2, 0.25) is 0 Å². The summed E-state index contributed by atoms with van der Waals surface area (Å²) < 4.78 is 1.37. The molecule has 0 N–H and O–H groups in total. The van der Waals surface area contributed by atoms with E-state index in [1.807, 2.05) is 0 Å². The molecule has 3 rings (SSSR count). The Hall–Kier alpha value is -1.28. The van der Waals surface area contributed by atoms with Gasteiger partial charge in [-0.05, 0) is 0 Å². The average molecular weight is 309 g/mol. The molecule has 2 atom stereocenters. The second kappa shape index (κ2) is 5.01. The maximum atomic E-state index is 2.56. The molecule has 2 aromatic rings. The van der Waals surface area contributed by atoms with E-state index < -0.39 is 13.3 Å². The van der Waals surface area contributed by atoms with E-state index in [-0.39, 0.29) is 0 Å². The fourth-order valence-electron chi connectivity index (χ4n) is 3.31. The van der Waals surface area contributed by atoms with Crippen molar-refractivity contribution in [2.24, 2.45) is 0 Å². The first kappa shape index (κ1) is 12.7. The van der Waals surface area contributed by atoms with Gasteiger partial charge in [0.1, 0.15) is 0 Å². The Morgan fingerprint density at radius 2 is 1.00 bits per heavy atom. The van der Waals surface area contributed by atoms with Gasteiger partial charge in [-0.15, -0.1) is 0 Å². The monoisotopic (exact) mass is 310 g/mol. The van der Waals surface area contributed by atoms with Gasteiger partial charge in [0.15, 0.2) is 0 Å². The summed E-state index contributed by atoms with van der Waals surface area (Å²) in [5, 5.41) is 0. The number of benzene rings is 2. The standard InChI is InChI=1S/C18H20Ge/c1-19(2)17(15-9-5-3-6-10-15)13-14-18(19)16-11-7-4-8-12-16/h3-14,17-18H,1-2H3. The minimum atomic E-state index is -1.96. The molecule has 0 spiro atoms. The van der Waals surface area contributed by atoms with Gasteiger partial charge >= 0.3 is 118 Å². The summed E-state index contributed by atoms with van der Waals surface area (Å²) in [6.07, 6.45) is 4.93. The third-order valence-electron chi connectivity index (χ3n) is 4.42. The zero-order valence-corrected chi connectivity index (χ0v) is 13.7. The van der Waals surface area contributed by atoms with Crippen molar-refractivity contribution in [3.05, 3.63) is 83.9 Å². The molecule has 2 aromatic carbocycles. The van der Waals surface area contributed by atoms with E-state index in [1.54, 1.807) is 0 Å².